The molecule has 76 valence electrons. The number of aliphatic hydroxyl groups is 1. The molecule has 0 heterocycles. The van der Waals surface area contributed by atoms with Gasteiger partial charge in [0.15, 0.2) is 0 Å². The van der Waals surface area contributed by atoms with Gasteiger partial charge < -0.3 is 14.9 Å². The van der Waals surface area contributed by atoms with Gasteiger partial charge in [-0.05, 0) is 0 Å². The molecular formula is C6H8Cl2O5. The number of hydrogen-bond donors (Lipinski definition) is 2. The Kier molecular flexibility index (Phi) is 5.77. The van der Waals surface area contributed by atoms with Crippen molar-refractivity contribution in [2.24, 2.45) is 0 Å². The zero-order valence-electron chi connectivity index (χ0n) is 6.44. The van der Waals surface area contributed by atoms with Crippen molar-refractivity contribution in [1.82, 2.24) is 0 Å². The summed E-state index contributed by atoms with van der Waals surface area (Å²) in [6.07, 6.45) is -2.25. The molecule has 0 bridgehead atoms. The van der Waals surface area contributed by atoms with Crippen molar-refractivity contribution in [2.75, 3.05) is 0 Å². The number of alkyl halides is 2. The predicted octanol–water partition coefficient (Wildman–Crippen LogP) is 0.516. The molecule has 0 aliphatic carbocycles. The van der Waals surface area contributed by atoms with Crippen molar-refractivity contribution in [3.63, 3.8) is 0 Å². The number of aliphatic carboxylic acids is 1. The largest absolute Gasteiger partial charge is 0.481 e. The molecule has 0 spiro atoms. The van der Waals surface area contributed by atoms with Crippen LogP contribution in [0.1, 0.15) is 12.8 Å². The van der Waals surface area contributed by atoms with Gasteiger partial charge >= 0.3 is 11.9 Å². The van der Waals surface area contributed by atoms with Gasteiger partial charge in [-0.15, -0.1) is 0 Å². The third kappa shape index (κ3) is 7.83. The second-order valence-electron chi connectivity index (χ2n) is 2.21. The fraction of sp³-hybridized carbons (Fsp3) is 0.667. The maximum Gasteiger partial charge on any atom is 0.310 e. The molecule has 0 saturated carbocycles. The van der Waals surface area contributed by atoms with E-state index in [-0.39, 0.29) is 0 Å². The summed E-state index contributed by atoms with van der Waals surface area (Å²) in [5.41, 5.74) is 0. The SMILES string of the molecule is O=C(O)CC(O)CC(=O)OC(Cl)Cl. The first-order chi connectivity index (χ1) is 5.91. The van der Waals surface area contributed by atoms with Gasteiger partial charge in [0.25, 0.3) is 5.02 Å². The Bertz CT molecular complexity index is 193. The average Bonchev–Trinajstić information content (AvgIpc) is 1.80. The molecular weight excluding hydrogens is 223 g/mol. The molecule has 0 rings (SSSR count). The molecule has 0 amide bonds. The van der Waals surface area contributed by atoms with Crippen molar-refractivity contribution < 1.29 is 24.5 Å². The zero-order chi connectivity index (χ0) is 10.4. The van der Waals surface area contributed by atoms with E-state index in [0.717, 1.165) is 0 Å². The monoisotopic (exact) mass is 230 g/mol. The molecule has 0 radical (unpaired) electrons. The molecule has 2 N–H and O–H groups in total. The minimum atomic E-state index is -1.30. The quantitative estimate of drug-likeness (QED) is 0.532. The number of carbonyl (C=O) groups excluding carboxylic acids is 1. The number of rotatable bonds is 5. The van der Waals surface area contributed by atoms with E-state index in [1.807, 2.05) is 0 Å². The summed E-state index contributed by atoms with van der Waals surface area (Å²) in [4.78, 5) is 20.8. The molecule has 0 aliphatic heterocycles. The summed E-state index contributed by atoms with van der Waals surface area (Å²) in [5.74, 6) is -2.04. The van der Waals surface area contributed by atoms with Crippen LogP contribution in [0.15, 0.2) is 0 Å². The van der Waals surface area contributed by atoms with Gasteiger partial charge in [-0.25, -0.2) is 0 Å². The molecule has 1 atom stereocenters. The molecule has 0 aliphatic rings. The standard InChI is InChI=1S/C6H8Cl2O5/c7-6(8)13-5(12)2-3(9)1-4(10)11/h3,6,9H,1-2H2,(H,10,11). The molecule has 0 aromatic carbocycles. The molecule has 0 fully saturated rings. The van der Waals surface area contributed by atoms with E-state index < -0.39 is 35.9 Å². The lowest BCUT2D eigenvalue weighted by Gasteiger charge is -2.07. The van der Waals surface area contributed by atoms with E-state index in [1.54, 1.807) is 0 Å². The Morgan fingerprint density at radius 3 is 2.23 bits per heavy atom. The Morgan fingerprint density at radius 1 is 1.31 bits per heavy atom. The number of carbonyl (C=O) groups is 2. The van der Waals surface area contributed by atoms with E-state index in [2.05, 4.69) is 4.74 Å². The van der Waals surface area contributed by atoms with E-state index in [1.165, 1.54) is 0 Å². The van der Waals surface area contributed by atoms with Crippen LogP contribution in [0, 0.1) is 0 Å². The van der Waals surface area contributed by atoms with Crippen LogP contribution in [-0.2, 0) is 14.3 Å². The summed E-state index contributed by atoms with van der Waals surface area (Å²) in [5, 5.41) is 15.8. The fourth-order valence-electron chi connectivity index (χ4n) is 0.614. The lowest BCUT2D eigenvalue weighted by molar-refractivity contribution is -0.146. The third-order valence-corrected chi connectivity index (χ3v) is 1.21. The van der Waals surface area contributed by atoms with Gasteiger partial charge in [-0.1, -0.05) is 23.2 Å². The first-order valence-electron chi connectivity index (χ1n) is 3.29. The highest BCUT2D eigenvalue weighted by atomic mass is 35.5. The van der Waals surface area contributed by atoms with E-state index in [4.69, 9.17) is 33.4 Å². The fourth-order valence-corrected chi connectivity index (χ4v) is 0.812. The summed E-state index contributed by atoms with van der Waals surface area (Å²) < 4.78 is 4.24. The second-order valence-corrected chi connectivity index (χ2v) is 3.22. The van der Waals surface area contributed by atoms with E-state index in [0.29, 0.717) is 0 Å². The maximum atomic E-state index is 10.7. The Hall–Kier alpha value is -0.520. The summed E-state index contributed by atoms with van der Waals surface area (Å²) in [6.45, 7) is 0. The van der Waals surface area contributed by atoms with E-state index >= 15 is 0 Å². The normalized spacial score (nSPS) is 12.6. The smallest absolute Gasteiger partial charge is 0.310 e. The van der Waals surface area contributed by atoms with Gasteiger partial charge in [-0.2, -0.15) is 0 Å². The Balaban J connectivity index is 3.71. The lowest BCUT2D eigenvalue weighted by atomic mass is 10.2. The lowest BCUT2D eigenvalue weighted by Crippen LogP contribution is -2.19. The number of halogens is 2. The van der Waals surface area contributed by atoms with Crippen LogP contribution in [0.5, 0.6) is 0 Å². The highest BCUT2D eigenvalue weighted by Gasteiger charge is 2.16. The number of esters is 1. The number of aliphatic hydroxyl groups excluding tert-OH is 1. The van der Waals surface area contributed by atoms with Crippen LogP contribution in [0.4, 0.5) is 0 Å². The number of hydrogen-bond acceptors (Lipinski definition) is 4. The van der Waals surface area contributed by atoms with Gasteiger partial charge in [0.1, 0.15) is 0 Å². The van der Waals surface area contributed by atoms with Gasteiger partial charge in [0.05, 0.1) is 18.9 Å². The van der Waals surface area contributed by atoms with Crippen LogP contribution in [0.3, 0.4) is 0 Å². The molecule has 0 aromatic heterocycles. The summed E-state index contributed by atoms with van der Waals surface area (Å²) in [6, 6.07) is 0. The zero-order valence-corrected chi connectivity index (χ0v) is 7.96. The van der Waals surface area contributed by atoms with Crippen LogP contribution in [0.25, 0.3) is 0 Å². The predicted molar refractivity (Wildman–Crippen MR) is 44.5 cm³/mol. The molecule has 5 nitrogen and oxygen atoms in total. The van der Waals surface area contributed by atoms with Crippen molar-refractivity contribution in [1.29, 1.82) is 0 Å². The molecule has 1 unspecified atom stereocenters. The maximum absolute atomic E-state index is 10.7. The van der Waals surface area contributed by atoms with Gasteiger partial charge in [-0.3, -0.25) is 9.59 Å². The van der Waals surface area contributed by atoms with Crippen LogP contribution >= 0.6 is 23.2 Å². The van der Waals surface area contributed by atoms with Crippen molar-refractivity contribution in [3.8, 4) is 0 Å². The van der Waals surface area contributed by atoms with Crippen LogP contribution < -0.4 is 0 Å². The Morgan fingerprint density at radius 2 is 1.85 bits per heavy atom. The molecule has 13 heavy (non-hydrogen) atoms. The molecule has 0 aromatic rings. The number of ether oxygens (including phenoxy) is 1. The number of carboxylic acid groups (broad SMARTS) is 1. The second kappa shape index (κ2) is 6.01. The number of carboxylic acids is 1. The molecule has 7 heteroatoms. The first kappa shape index (κ1) is 12.5. The first-order valence-corrected chi connectivity index (χ1v) is 4.16. The summed E-state index contributed by atoms with van der Waals surface area (Å²) >= 11 is 10.2. The minimum absolute atomic E-state index is 0.442. The van der Waals surface area contributed by atoms with Crippen LogP contribution in [-0.4, -0.2) is 33.3 Å². The average molecular weight is 231 g/mol. The highest BCUT2D eigenvalue weighted by Crippen LogP contribution is 2.07. The highest BCUT2D eigenvalue weighted by molar-refractivity contribution is 6.43. The Labute approximate surface area is 84.2 Å². The van der Waals surface area contributed by atoms with Crippen molar-refractivity contribution in [2.45, 2.75) is 24.0 Å². The minimum Gasteiger partial charge on any atom is -0.481 e. The van der Waals surface area contributed by atoms with Gasteiger partial charge in [0.2, 0.25) is 0 Å². The van der Waals surface area contributed by atoms with Gasteiger partial charge in [0, 0.05) is 0 Å². The van der Waals surface area contributed by atoms with Crippen molar-refractivity contribution >= 4 is 35.1 Å². The van der Waals surface area contributed by atoms with Crippen molar-refractivity contribution in [3.05, 3.63) is 0 Å². The molecule has 0 saturated heterocycles. The van der Waals surface area contributed by atoms with E-state index in [9.17, 15) is 9.59 Å². The summed E-state index contributed by atoms with van der Waals surface area (Å²) in [7, 11) is 0. The third-order valence-electron chi connectivity index (χ3n) is 1.03. The van der Waals surface area contributed by atoms with Crippen LogP contribution in [0.2, 0.25) is 0 Å². The topological polar surface area (TPSA) is 83.8 Å².